The molecule has 0 spiro atoms. The van der Waals surface area contributed by atoms with Gasteiger partial charge in [0.2, 0.25) is 0 Å². The van der Waals surface area contributed by atoms with Crippen LogP contribution in [0.1, 0.15) is 61.1 Å². The maximum atomic E-state index is 16.3. The summed E-state index contributed by atoms with van der Waals surface area (Å²) in [6.07, 6.45) is 0. The van der Waals surface area contributed by atoms with Crippen molar-refractivity contribution in [3.8, 4) is 55.6 Å². The van der Waals surface area contributed by atoms with E-state index in [1.165, 1.54) is 50.1 Å². The first-order valence-electron chi connectivity index (χ1n) is 29.7. The summed E-state index contributed by atoms with van der Waals surface area (Å²) in [5.41, 5.74) is 24.8. The van der Waals surface area contributed by atoms with Crippen LogP contribution in [0.25, 0.3) is 105 Å². The minimum absolute atomic E-state index is 0.128. The van der Waals surface area contributed by atoms with Crippen molar-refractivity contribution >= 4 is 84.0 Å². The molecule has 2 heterocycles. The summed E-state index contributed by atoms with van der Waals surface area (Å²) < 4.78 is 29.9. The van der Waals surface area contributed by atoms with Crippen LogP contribution in [-0.2, 0) is 15.4 Å². The Morgan fingerprint density at radius 3 is 1.67 bits per heavy atom. The highest BCUT2D eigenvalue weighted by Crippen LogP contribution is 2.54. The molecule has 0 saturated carbocycles. The van der Waals surface area contributed by atoms with E-state index in [1.54, 1.807) is 0 Å². The van der Waals surface area contributed by atoms with Crippen molar-refractivity contribution in [2.45, 2.75) is 45.4 Å². The second-order valence-corrected chi connectivity index (χ2v) is 27.2. The molecule has 1 unspecified atom stereocenters. The first-order valence-corrected chi connectivity index (χ1v) is 31.4. The molecule has 16 rings (SSSR count). The lowest BCUT2D eigenvalue weighted by atomic mass is 9.82. The van der Waals surface area contributed by atoms with E-state index in [1.807, 2.05) is 42.5 Å². The Hall–Kier alpha value is -9.99. The summed E-state index contributed by atoms with van der Waals surface area (Å²) in [6, 6.07) is 92.1. The molecule has 12 aromatic carbocycles. The monoisotopic (exact) mass is 1130 g/mol. The Morgan fingerprint density at radius 1 is 0.384 bits per heavy atom. The van der Waals surface area contributed by atoms with E-state index < -0.39 is 7.14 Å². The lowest BCUT2D eigenvalue weighted by Gasteiger charge is -2.29. The third-order valence-corrected chi connectivity index (χ3v) is 21.9. The molecule has 0 radical (unpaired) electrons. The molecule has 0 bridgehead atoms. The van der Waals surface area contributed by atoms with Crippen LogP contribution in [0.2, 0.25) is 0 Å². The molecule has 4 nitrogen and oxygen atoms in total. The Balaban J connectivity index is 0.713. The summed E-state index contributed by atoms with van der Waals surface area (Å²) in [4.78, 5) is 2.24. The van der Waals surface area contributed by atoms with Gasteiger partial charge in [-0.25, -0.2) is 0 Å². The summed E-state index contributed by atoms with van der Waals surface area (Å²) in [5, 5.41) is 6.72. The second kappa shape index (κ2) is 19.3. The molecule has 0 N–H and O–H groups in total. The van der Waals surface area contributed by atoms with Gasteiger partial charge in [-0.05, 0) is 157 Å². The van der Waals surface area contributed by atoms with Gasteiger partial charge in [0.05, 0.1) is 0 Å². The van der Waals surface area contributed by atoms with Crippen molar-refractivity contribution in [2.24, 2.45) is 0 Å². The third-order valence-electron chi connectivity index (χ3n) is 18.9. The van der Waals surface area contributed by atoms with Crippen molar-refractivity contribution in [1.82, 2.24) is 0 Å². The van der Waals surface area contributed by atoms with E-state index in [9.17, 15) is 0 Å². The number of hydrogen-bond donors (Lipinski definition) is 0. The zero-order valence-corrected chi connectivity index (χ0v) is 49.5. The predicted octanol–water partition coefficient (Wildman–Crippen LogP) is 20.9. The van der Waals surface area contributed by atoms with Gasteiger partial charge >= 0.3 is 0 Å². The van der Waals surface area contributed by atoms with E-state index in [-0.39, 0.29) is 10.8 Å². The van der Waals surface area contributed by atoms with Gasteiger partial charge in [-0.3, -0.25) is 0 Å². The van der Waals surface area contributed by atoms with Crippen LogP contribution in [0, 0.1) is 6.92 Å². The highest BCUT2D eigenvalue weighted by molar-refractivity contribution is 7.85. The van der Waals surface area contributed by atoms with Gasteiger partial charge in [0.25, 0.3) is 0 Å². The molecular weight excluding hydrogens is 1070 g/mol. The normalized spacial score (nSPS) is 14.2. The van der Waals surface area contributed by atoms with E-state index in [4.69, 9.17) is 8.83 Å². The molecule has 2 aliphatic carbocycles. The second-order valence-electron chi connectivity index (χ2n) is 24.5. The topological polar surface area (TPSA) is 46.6 Å². The average Bonchev–Trinajstić information content (AvgIpc) is 1.60. The van der Waals surface area contributed by atoms with Gasteiger partial charge in [-0.2, -0.15) is 0 Å². The van der Waals surface area contributed by atoms with Crippen LogP contribution < -0.4 is 20.8 Å². The highest BCUT2D eigenvalue weighted by Gasteiger charge is 2.38. The minimum Gasteiger partial charge on any atom is -0.456 e. The summed E-state index contributed by atoms with van der Waals surface area (Å²) in [5.74, 6) is 0. The van der Waals surface area contributed by atoms with Crippen LogP contribution in [-0.4, -0.2) is 0 Å². The highest BCUT2D eigenvalue weighted by atomic mass is 31.2. The molecule has 2 aliphatic rings. The quantitative estimate of drug-likeness (QED) is 0.128. The molecule has 1 atom stereocenters. The molecule has 14 aromatic rings. The van der Waals surface area contributed by atoms with Crippen molar-refractivity contribution < 1.29 is 13.4 Å². The first kappa shape index (κ1) is 51.6. The fraction of sp³-hybridized carbons (Fsp3) is 0.0864. The zero-order valence-electron chi connectivity index (χ0n) is 48.7. The average molecular weight is 1130 g/mol. The summed E-state index contributed by atoms with van der Waals surface area (Å²) in [7, 11) is -3.38. The molecule has 0 fully saturated rings. The largest absolute Gasteiger partial charge is 0.456 e. The smallest absolute Gasteiger partial charge is 0.171 e. The van der Waals surface area contributed by atoms with Crippen LogP contribution in [0.4, 0.5) is 11.4 Å². The molecule has 0 aliphatic heterocycles. The van der Waals surface area contributed by atoms with Crippen LogP contribution in [0.3, 0.4) is 0 Å². The lowest BCUT2D eigenvalue weighted by Crippen LogP contribution is -2.25. The number of fused-ring (bicyclic) bond motifs is 12. The minimum atomic E-state index is -3.38. The fourth-order valence-electron chi connectivity index (χ4n) is 14.2. The Bertz CT molecular complexity index is 5160. The zero-order chi connectivity index (χ0) is 58.2. The van der Waals surface area contributed by atoms with Gasteiger partial charge in [0, 0.05) is 70.9 Å². The molecular formula is C81H60NO3P. The van der Waals surface area contributed by atoms with Gasteiger partial charge < -0.3 is 18.3 Å². The first-order chi connectivity index (χ1) is 41.8. The van der Waals surface area contributed by atoms with E-state index >= 15 is 4.57 Å². The van der Waals surface area contributed by atoms with Crippen molar-refractivity contribution in [1.29, 1.82) is 0 Å². The van der Waals surface area contributed by atoms with Crippen molar-refractivity contribution in [3.63, 3.8) is 0 Å². The Kier molecular flexibility index (Phi) is 11.6. The number of benzene rings is 12. The van der Waals surface area contributed by atoms with Crippen LogP contribution in [0.5, 0.6) is 0 Å². The number of anilines is 2. The number of furan rings is 2. The van der Waals surface area contributed by atoms with Gasteiger partial charge in [-0.15, -0.1) is 0 Å². The number of aryl methyl sites for hydroxylation is 1. The Labute approximate surface area is 501 Å². The maximum Gasteiger partial charge on any atom is 0.171 e. The standard InChI is InChI=1S/C81H60NO3P/c1-50-19-13-16-30-75(50)82(58-21-9-7-10-22-58)51(2)52-31-33-53(34-32-52)57-37-41-64-69-47-68-66-44-56(38-42-72(66)81(5,6)74(68)48-77(69)84-76(64)45-57)55-20-17-25-61(43-55)86(83,59-23-11-8-12-24-59)60-39-35-54(36-40-60)62-27-18-28-65-70-46-67-63-26-14-15-29-71(63)80(3,4)73(67)49-78(70)85-79(62)65/h7-49H,2H2,1,3-6H3. The number of hydrogen-bond acceptors (Lipinski definition) is 4. The molecule has 412 valence electrons. The maximum absolute atomic E-state index is 16.3. The molecule has 0 saturated heterocycles. The van der Waals surface area contributed by atoms with Gasteiger partial charge in [0.1, 0.15) is 22.3 Å². The van der Waals surface area contributed by atoms with E-state index in [0.717, 1.165) is 116 Å². The van der Waals surface area contributed by atoms with Crippen LogP contribution in [0.15, 0.2) is 276 Å². The Morgan fingerprint density at radius 2 is 0.919 bits per heavy atom. The van der Waals surface area contributed by atoms with Gasteiger partial charge in [-0.1, -0.05) is 228 Å². The lowest BCUT2D eigenvalue weighted by molar-refractivity contribution is 0.592. The number of rotatable bonds is 10. The van der Waals surface area contributed by atoms with Gasteiger partial charge in [0.15, 0.2) is 7.14 Å². The molecule has 0 amide bonds. The van der Waals surface area contributed by atoms with E-state index in [0.29, 0.717) is 0 Å². The predicted molar refractivity (Wildman–Crippen MR) is 361 cm³/mol. The summed E-state index contributed by atoms with van der Waals surface area (Å²) >= 11 is 0. The fourth-order valence-corrected chi connectivity index (χ4v) is 16.9. The molecule has 86 heavy (non-hydrogen) atoms. The SMILES string of the molecule is C=C(c1ccc(-c2ccc3c(c2)oc2cc4c(cc23)-c2cc(-c3cccc(P(=O)(c5ccccc5)c5ccc(-c6cccc7c6oc6cc8c(cc67)-c6ccccc6C8(C)C)cc5)c3)ccc2C4(C)C)cc1)N(c1ccccc1)c1ccccc1C. The van der Waals surface area contributed by atoms with Crippen molar-refractivity contribution in [3.05, 3.63) is 301 Å². The number of para-hydroxylation sites is 3. The summed E-state index contributed by atoms with van der Waals surface area (Å²) in [6.45, 7) is 16.0. The third kappa shape index (κ3) is 7.86. The number of nitrogens with zero attached hydrogens (tertiary/aromatic N) is 1. The molecule has 2 aromatic heterocycles. The van der Waals surface area contributed by atoms with Crippen LogP contribution >= 0.6 is 7.14 Å². The van der Waals surface area contributed by atoms with Crippen molar-refractivity contribution in [2.75, 3.05) is 4.90 Å². The van der Waals surface area contributed by atoms with E-state index in [2.05, 4.69) is 264 Å². The molecule has 5 heteroatoms.